The Kier molecular flexibility index (Phi) is 1.73. The Bertz CT molecular complexity index is 447. The monoisotopic (exact) mass is 221 g/mol. The molecule has 14 heavy (non-hydrogen) atoms. The zero-order valence-electron chi connectivity index (χ0n) is 8.18. The van der Waals surface area contributed by atoms with E-state index >= 15 is 0 Å². The molecule has 0 spiro atoms. The first kappa shape index (κ1) is 8.50. The van der Waals surface area contributed by atoms with Gasteiger partial charge in [-0.25, -0.2) is 0 Å². The minimum absolute atomic E-state index is 0.989. The molecular formula is C11H11NS2. The third-order valence-electron chi connectivity index (χ3n) is 2.46. The lowest BCUT2D eigenvalue weighted by molar-refractivity contribution is 1.15. The van der Waals surface area contributed by atoms with Gasteiger partial charge < -0.3 is 5.32 Å². The molecular weight excluding hydrogens is 210 g/mol. The molecule has 0 radical (unpaired) electrons. The van der Waals surface area contributed by atoms with E-state index in [0.29, 0.717) is 0 Å². The fourth-order valence-corrected chi connectivity index (χ4v) is 4.10. The zero-order valence-corrected chi connectivity index (χ0v) is 9.81. The van der Waals surface area contributed by atoms with Crippen molar-refractivity contribution in [3.05, 3.63) is 27.5 Å². The van der Waals surface area contributed by atoms with Crippen molar-refractivity contribution in [2.24, 2.45) is 0 Å². The second kappa shape index (κ2) is 2.84. The van der Waals surface area contributed by atoms with E-state index in [-0.39, 0.29) is 0 Å². The summed E-state index contributed by atoms with van der Waals surface area (Å²) in [6.07, 6.45) is 0. The molecule has 3 rings (SSSR count). The summed E-state index contributed by atoms with van der Waals surface area (Å²) in [5.74, 6) is 0. The Balaban J connectivity index is 2.27. The van der Waals surface area contributed by atoms with Crippen molar-refractivity contribution in [1.82, 2.24) is 0 Å². The summed E-state index contributed by atoms with van der Waals surface area (Å²) < 4.78 is 0. The average molecular weight is 221 g/mol. The fraction of sp³-hybridized carbons (Fsp3) is 0.273. The minimum Gasteiger partial charge on any atom is -0.380 e. The van der Waals surface area contributed by atoms with Gasteiger partial charge >= 0.3 is 0 Å². The van der Waals surface area contributed by atoms with Crippen LogP contribution >= 0.6 is 22.7 Å². The van der Waals surface area contributed by atoms with Crippen LogP contribution in [0.1, 0.15) is 15.3 Å². The van der Waals surface area contributed by atoms with Crippen molar-refractivity contribution in [2.75, 3.05) is 5.32 Å². The molecule has 0 saturated heterocycles. The predicted molar refractivity (Wildman–Crippen MR) is 64.4 cm³/mol. The molecule has 0 unspecified atom stereocenters. The molecule has 3 heteroatoms. The van der Waals surface area contributed by atoms with Crippen molar-refractivity contribution in [2.45, 2.75) is 20.4 Å². The summed E-state index contributed by atoms with van der Waals surface area (Å²) in [5, 5.41) is 3.47. The Morgan fingerprint density at radius 1 is 1.07 bits per heavy atom. The van der Waals surface area contributed by atoms with E-state index in [0.717, 1.165) is 6.54 Å². The molecule has 0 fully saturated rings. The lowest BCUT2D eigenvalue weighted by Crippen LogP contribution is -2.03. The second-order valence-electron chi connectivity index (χ2n) is 3.66. The highest BCUT2D eigenvalue weighted by Crippen LogP contribution is 2.45. The lowest BCUT2D eigenvalue weighted by Gasteiger charge is -2.13. The maximum atomic E-state index is 3.47. The van der Waals surface area contributed by atoms with E-state index in [1.807, 2.05) is 22.7 Å². The molecule has 2 aromatic heterocycles. The van der Waals surface area contributed by atoms with E-state index in [9.17, 15) is 0 Å². The van der Waals surface area contributed by atoms with Gasteiger partial charge in [-0.1, -0.05) is 0 Å². The fourth-order valence-electron chi connectivity index (χ4n) is 1.90. The van der Waals surface area contributed by atoms with Gasteiger partial charge in [-0.15, -0.1) is 22.7 Å². The van der Waals surface area contributed by atoms with Gasteiger partial charge in [0.1, 0.15) is 0 Å². The van der Waals surface area contributed by atoms with Gasteiger partial charge in [0, 0.05) is 16.3 Å². The molecule has 0 aromatic carbocycles. The standard InChI is InChI=1S/C11H11NS2/c1-6-3-8-5-12-9-4-7(2)14-11(9)10(8)13-6/h3-4,12H,5H2,1-2H3. The second-order valence-corrected chi connectivity index (χ2v) is 6.18. The third kappa shape index (κ3) is 1.12. The summed E-state index contributed by atoms with van der Waals surface area (Å²) in [6, 6.07) is 4.54. The maximum absolute atomic E-state index is 3.47. The van der Waals surface area contributed by atoms with Crippen molar-refractivity contribution in [1.29, 1.82) is 0 Å². The van der Waals surface area contributed by atoms with Gasteiger partial charge in [0.25, 0.3) is 0 Å². The van der Waals surface area contributed by atoms with Crippen LogP contribution in [0.15, 0.2) is 12.1 Å². The van der Waals surface area contributed by atoms with Gasteiger partial charge in [0.15, 0.2) is 0 Å². The summed E-state index contributed by atoms with van der Waals surface area (Å²) in [7, 11) is 0. The lowest BCUT2D eigenvalue weighted by atomic mass is 10.1. The minimum atomic E-state index is 0.989. The largest absolute Gasteiger partial charge is 0.380 e. The van der Waals surface area contributed by atoms with Crippen LogP contribution < -0.4 is 5.32 Å². The topological polar surface area (TPSA) is 12.0 Å². The first-order valence-corrected chi connectivity index (χ1v) is 6.31. The van der Waals surface area contributed by atoms with Crippen LogP contribution in [-0.2, 0) is 6.54 Å². The highest BCUT2D eigenvalue weighted by Gasteiger charge is 2.19. The average Bonchev–Trinajstić information content (AvgIpc) is 2.65. The molecule has 0 aliphatic carbocycles. The number of thiophene rings is 2. The highest BCUT2D eigenvalue weighted by atomic mass is 32.1. The molecule has 0 bridgehead atoms. The Morgan fingerprint density at radius 2 is 1.79 bits per heavy atom. The van der Waals surface area contributed by atoms with Crippen LogP contribution in [0.4, 0.5) is 5.69 Å². The molecule has 2 aromatic rings. The van der Waals surface area contributed by atoms with Crippen LogP contribution in [0, 0.1) is 13.8 Å². The summed E-state index contributed by atoms with van der Waals surface area (Å²) in [6.45, 7) is 5.34. The Morgan fingerprint density at radius 3 is 2.64 bits per heavy atom. The number of fused-ring (bicyclic) bond motifs is 3. The van der Waals surface area contributed by atoms with Crippen LogP contribution in [0.2, 0.25) is 0 Å². The summed E-state index contributed by atoms with van der Waals surface area (Å²) >= 11 is 3.81. The molecule has 1 aliphatic heterocycles. The van der Waals surface area contributed by atoms with Crippen molar-refractivity contribution < 1.29 is 0 Å². The quantitative estimate of drug-likeness (QED) is 0.708. The van der Waals surface area contributed by atoms with Gasteiger partial charge in [-0.2, -0.15) is 0 Å². The number of anilines is 1. The summed E-state index contributed by atoms with van der Waals surface area (Å²) in [4.78, 5) is 5.72. The molecule has 1 N–H and O–H groups in total. The van der Waals surface area contributed by atoms with Gasteiger partial charge in [0.05, 0.1) is 15.4 Å². The Hall–Kier alpha value is -0.800. The molecule has 0 amide bonds. The molecule has 0 atom stereocenters. The number of aryl methyl sites for hydroxylation is 2. The first-order valence-electron chi connectivity index (χ1n) is 4.68. The van der Waals surface area contributed by atoms with E-state index in [1.54, 1.807) is 0 Å². The van der Waals surface area contributed by atoms with Crippen LogP contribution in [-0.4, -0.2) is 0 Å². The van der Waals surface area contributed by atoms with E-state index in [2.05, 4.69) is 31.3 Å². The molecule has 72 valence electrons. The van der Waals surface area contributed by atoms with E-state index < -0.39 is 0 Å². The zero-order chi connectivity index (χ0) is 9.71. The van der Waals surface area contributed by atoms with Crippen molar-refractivity contribution in [3.63, 3.8) is 0 Å². The van der Waals surface area contributed by atoms with E-state index in [1.165, 1.54) is 30.8 Å². The van der Waals surface area contributed by atoms with Crippen LogP contribution in [0.5, 0.6) is 0 Å². The van der Waals surface area contributed by atoms with Gasteiger partial charge in [0.2, 0.25) is 0 Å². The van der Waals surface area contributed by atoms with Crippen LogP contribution in [0.3, 0.4) is 0 Å². The number of hydrogen-bond acceptors (Lipinski definition) is 3. The third-order valence-corrected chi connectivity index (χ3v) is 4.77. The molecule has 1 aliphatic rings. The Labute approximate surface area is 91.4 Å². The molecule has 3 heterocycles. The number of hydrogen-bond donors (Lipinski definition) is 1. The first-order chi connectivity index (χ1) is 6.74. The van der Waals surface area contributed by atoms with Gasteiger partial charge in [-0.05, 0) is 31.5 Å². The normalized spacial score (nSPS) is 13.3. The van der Waals surface area contributed by atoms with Crippen molar-refractivity contribution in [3.8, 4) is 9.75 Å². The van der Waals surface area contributed by atoms with Crippen LogP contribution in [0.25, 0.3) is 9.75 Å². The number of nitrogens with one attached hydrogen (secondary N) is 1. The van der Waals surface area contributed by atoms with Crippen molar-refractivity contribution >= 4 is 28.4 Å². The highest BCUT2D eigenvalue weighted by molar-refractivity contribution is 7.22. The maximum Gasteiger partial charge on any atom is 0.0680 e. The predicted octanol–water partition coefficient (Wildman–Crippen LogP) is 4.02. The smallest absolute Gasteiger partial charge is 0.0680 e. The summed E-state index contributed by atoms with van der Waals surface area (Å²) in [5.41, 5.74) is 2.78. The molecule has 1 nitrogen and oxygen atoms in total. The van der Waals surface area contributed by atoms with E-state index in [4.69, 9.17) is 0 Å². The number of rotatable bonds is 0. The molecule has 0 saturated carbocycles. The SMILES string of the molecule is Cc1cc2c(s1)-c1sc(C)cc1NC2. The van der Waals surface area contributed by atoms with Gasteiger partial charge in [-0.3, -0.25) is 0 Å².